The molecule has 2 aliphatic rings. The Bertz CT molecular complexity index is 956. The van der Waals surface area contributed by atoms with Gasteiger partial charge in [0, 0.05) is 11.8 Å². The predicted molar refractivity (Wildman–Crippen MR) is 136 cm³/mol. The molecule has 1 N–H and O–H groups in total. The first-order valence-electron chi connectivity index (χ1n) is 12.3. The molecule has 188 valence electrons. The van der Waals surface area contributed by atoms with E-state index in [1.165, 1.54) is 17.8 Å². The fourth-order valence-electron chi connectivity index (χ4n) is 3.51. The molecule has 1 aliphatic heterocycles. The van der Waals surface area contributed by atoms with Crippen molar-refractivity contribution < 1.29 is 18.8 Å². The second-order valence-electron chi connectivity index (χ2n) is 9.28. The van der Waals surface area contributed by atoms with Crippen molar-refractivity contribution in [3.63, 3.8) is 0 Å². The maximum atomic E-state index is 13.3. The fourth-order valence-corrected chi connectivity index (χ4v) is 4.64. The van der Waals surface area contributed by atoms with Crippen LogP contribution >= 0.6 is 11.8 Å². The highest BCUT2D eigenvalue weighted by molar-refractivity contribution is 8.16. The first-order valence-corrected chi connectivity index (χ1v) is 13.3. The summed E-state index contributed by atoms with van der Waals surface area (Å²) < 4.78 is 11.2. The second kappa shape index (κ2) is 12.4. The van der Waals surface area contributed by atoms with E-state index in [2.05, 4.69) is 22.4 Å². The van der Waals surface area contributed by atoms with Crippen LogP contribution in [0.3, 0.4) is 0 Å². The van der Waals surface area contributed by atoms with E-state index in [1.54, 1.807) is 6.07 Å². The highest BCUT2D eigenvalue weighted by Crippen LogP contribution is 2.32. The maximum Gasteiger partial charge on any atom is 0.339 e. The molecule has 9 heteroatoms. The number of amides is 1. The second-order valence-corrected chi connectivity index (χ2v) is 10.2. The predicted octanol–water partition coefficient (Wildman–Crippen LogP) is 4.87. The molecule has 8 nitrogen and oxygen atoms in total. The molecule has 3 rings (SSSR count). The van der Waals surface area contributed by atoms with Crippen molar-refractivity contribution in [3.8, 4) is 5.75 Å². The van der Waals surface area contributed by atoms with Gasteiger partial charge in [0.15, 0.2) is 0 Å². The minimum Gasteiger partial charge on any atom is -0.493 e. The summed E-state index contributed by atoms with van der Waals surface area (Å²) >= 11 is 1.50. The lowest BCUT2D eigenvalue weighted by molar-refractivity contribution is -0.125. The molecule has 1 aliphatic carbocycles. The minimum atomic E-state index is -0.939. The molecule has 0 aromatic carbocycles. The van der Waals surface area contributed by atoms with Crippen molar-refractivity contribution in [2.45, 2.75) is 84.2 Å². The highest BCUT2D eigenvalue weighted by atomic mass is 32.2. The van der Waals surface area contributed by atoms with Crippen LogP contribution in [0.15, 0.2) is 31.5 Å². The summed E-state index contributed by atoms with van der Waals surface area (Å²) in [5.41, 5.74) is -0.743. The van der Waals surface area contributed by atoms with Crippen molar-refractivity contribution in [1.82, 2.24) is 5.32 Å². The molecule has 0 radical (unpaired) electrons. The van der Waals surface area contributed by atoms with Crippen LogP contribution in [-0.4, -0.2) is 41.2 Å². The van der Waals surface area contributed by atoms with Crippen LogP contribution in [0.2, 0.25) is 0 Å². The van der Waals surface area contributed by atoms with Crippen LogP contribution in [0.25, 0.3) is 0 Å². The number of nitrogens with zero attached hydrogens (tertiary/aromatic N) is 2. The summed E-state index contributed by atoms with van der Waals surface area (Å²) in [6.45, 7) is 9.00. The number of thioether (sulfide) groups is 1. The van der Waals surface area contributed by atoms with Gasteiger partial charge in [0.2, 0.25) is 5.91 Å². The summed E-state index contributed by atoms with van der Waals surface area (Å²) in [5.74, 6) is 1.76. The molecule has 1 fully saturated rings. The molecule has 34 heavy (non-hydrogen) atoms. The molecule has 0 saturated heterocycles. The van der Waals surface area contributed by atoms with Gasteiger partial charge in [-0.25, -0.2) is 4.79 Å². The number of nitrogens with one attached hydrogen (secondary N) is 1. The molecule has 0 unspecified atom stereocenters. The third-order valence-corrected chi connectivity index (χ3v) is 7.22. The van der Waals surface area contributed by atoms with Crippen LogP contribution in [0.1, 0.15) is 84.4 Å². The monoisotopic (exact) mass is 491 g/mol. The largest absolute Gasteiger partial charge is 0.493 e. The van der Waals surface area contributed by atoms with E-state index in [0.717, 1.165) is 38.5 Å². The Morgan fingerprint density at radius 3 is 2.82 bits per heavy atom. The zero-order chi connectivity index (χ0) is 24.6. The molecule has 1 amide bonds. The van der Waals surface area contributed by atoms with Gasteiger partial charge >= 0.3 is 5.63 Å². The summed E-state index contributed by atoms with van der Waals surface area (Å²) in [7, 11) is 0. The zero-order valence-electron chi connectivity index (χ0n) is 20.7. The van der Waals surface area contributed by atoms with Gasteiger partial charge < -0.3 is 19.3 Å². The normalized spacial score (nSPS) is 21.2. The Kier molecular flexibility index (Phi) is 9.62. The van der Waals surface area contributed by atoms with E-state index in [4.69, 9.17) is 14.0 Å². The Morgan fingerprint density at radius 2 is 2.12 bits per heavy atom. The van der Waals surface area contributed by atoms with Crippen molar-refractivity contribution in [1.29, 1.82) is 0 Å². The van der Waals surface area contributed by atoms with Gasteiger partial charge in [-0.3, -0.25) is 9.79 Å². The van der Waals surface area contributed by atoms with Gasteiger partial charge in [-0.15, -0.1) is 11.8 Å². The lowest BCUT2D eigenvalue weighted by Crippen LogP contribution is -2.45. The molecule has 2 heterocycles. The van der Waals surface area contributed by atoms with Gasteiger partial charge in [0.05, 0.1) is 18.7 Å². The first-order chi connectivity index (χ1) is 16.3. The van der Waals surface area contributed by atoms with E-state index in [1.807, 2.05) is 20.8 Å². The quantitative estimate of drug-likeness (QED) is 0.226. The van der Waals surface area contributed by atoms with Crippen LogP contribution in [0, 0.1) is 5.92 Å². The van der Waals surface area contributed by atoms with Crippen molar-refractivity contribution >= 4 is 28.4 Å². The van der Waals surface area contributed by atoms with Crippen LogP contribution in [0.4, 0.5) is 0 Å². The number of unbranched alkanes of at least 4 members (excludes halogenated alkanes) is 2. The Balaban J connectivity index is 1.66. The molecule has 2 atom stereocenters. The van der Waals surface area contributed by atoms with E-state index in [-0.39, 0.29) is 5.91 Å². The van der Waals surface area contributed by atoms with Gasteiger partial charge in [0.1, 0.15) is 34.4 Å². The van der Waals surface area contributed by atoms with Crippen LogP contribution < -0.4 is 15.7 Å². The van der Waals surface area contributed by atoms with Crippen LogP contribution in [0.5, 0.6) is 5.75 Å². The zero-order valence-corrected chi connectivity index (χ0v) is 21.5. The Labute approximate surface area is 205 Å². The molecule has 0 spiro atoms. The lowest BCUT2D eigenvalue weighted by Gasteiger charge is -2.24. The van der Waals surface area contributed by atoms with E-state index >= 15 is 0 Å². The number of aliphatic imine (C=N–C) groups is 1. The molecular weight excluding hydrogens is 454 g/mol. The standard InChI is InChI=1S/C25H37N3O5S/c1-5-7-8-12-32-28-17(3)23-27-25(4,16-34-23)24(30)26-20(9-6-2)21-13-19(14-22(29)33-21)31-15-18-10-11-18/h13-14,18,20H,5-12,15-16H2,1-4H3,(H,26,30)/b28-17+/t20-,25+/m1/s1. The third-order valence-electron chi connectivity index (χ3n) is 5.85. The SMILES string of the molecule is CCCCCO/N=C(\C)C1=N[C@](C)(C(=O)N[C@H](CCC)c2cc(OCC3CC3)cc(=O)o2)CS1. The van der Waals surface area contributed by atoms with E-state index < -0.39 is 17.2 Å². The smallest absolute Gasteiger partial charge is 0.339 e. The van der Waals surface area contributed by atoms with E-state index in [0.29, 0.717) is 53.6 Å². The number of carbonyl (C=O) groups excluding carboxylic acids is 1. The van der Waals surface area contributed by atoms with Gasteiger partial charge in [-0.2, -0.15) is 0 Å². The Morgan fingerprint density at radius 1 is 1.32 bits per heavy atom. The number of hydrogen-bond donors (Lipinski definition) is 1. The number of oxime groups is 1. The van der Waals surface area contributed by atoms with Crippen molar-refractivity contribution in [2.24, 2.45) is 16.1 Å². The molecule has 1 aromatic rings. The van der Waals surface area contributed by atoms with Gasteiger partial charge in [-0.05, 0) is 45.4 Å². The van der Waals surface area contributed by atoms with Crippen molar-refractivity contribution in [2.75, 3.05) is 19.0 Å². The fraction of sp³-hybridized carbons (Fsp3) is 0.680. The number of carbonyl (C=O) groups is 1. The minimum absolute atomic E-state index is 0.211. The summed E-state index contributed by atoms with van der Waals surface area (Å²) in [5, 5.41) is 7.93. The summed E-state index contributed by atoms with van der Waals surface area (Å²) in [4.78, 5) is 35.5. The molecular formula is C25H37N3O5S. The molecule has 1 saturated carbocycles. The number of hydrogen-bond acceptors (Lipinski definition) is 8. The molecule has 0 bridgehead atoms. The maximum absolute atomic E-state index is 13.3. The van der Waals surface area contributed by atoms with Gasteiger partial charge in [-0.1, -0.05) is 38.3 Å². The Hall–Kier alpha value is -2.29. The van der Waals surface area contributed by atoms with Gasteiger partial charge in [0.25, 0.3) is 0 Å². The van der Waals surface area contributed by atoms with Crippen LogP contribution in [-0.2, 0) is 9.63 Å². The van der Waals surface area contributed by atoms with E-state index in [9.17, 15) is 9.59 Å². The van der Waals surface area contributed by atoms with Crippen molar-refractivity contribution in [3.05, 3.63) is 28.3 Å². The first kappa shape index (κ1) is 26.3. The third kappa shape index (κ3) is 7.61. The summed E-state index contributed by atoms with van der Waals surface area (Å²) in [6, 6.07) is 2.64. The average molecular weight is 492 g/mol. The lowest BCUT2D eigenvalue weighted by atomic mass is 10.0. The number of rotatable bonds is 14. The summed E-state index contributed by atoms with van der Waals surface area (Å²) in [6.07, 6.45) is 6.97. The topological polar surface area (TPSA) is 102 Å². The number of ether oxygens (including phenoxy) is 1. The highest BCUT2D eigenvalue weighted by Gasteiger charge is 2.40. The average Bonchev–Trinajstić information content (AvgIpc) is 3.56. The molecule has 1 aromatic heterocycles.